The van der Waals surface area contributed by atoms with Gasteiger partial charge in [0.05, 0.1) is 11.9 Å². The van der Waals surface area contributed by atoms with Gasteiger partial charge in [-0.1, -0.05) is 35.5 Å². The molecule has 3 rings (SSSR count). The van der Waals surface area contributed by atoms with E-state index in [1.165, 1.54) is 18.3 Å². The fourth-order valence-electron chi connectivity index (χ4n) is 2.48. The van der Waals surface area contributed by atoms with Crippen LogP contribution < -0.4 is 5.32 Å². The molecule has 2 aromatic carbocycles. The van der Waals surface area contributed by atoms with Crippen LogP contribution in [0.2, 0.25) is 0 Å². The third kappa shape index (κ3) is 3.06. The van der Waals surface area contributed by atoms with Crippen LogP contribution in [0.15, 0.2) is 59.9 Å². The molecular formula is C17H14FN3O2. The number of nitrogens with one attached hydrogen (secondary N) is 1. The SMILES string of the molecule is O=C(Cn1cc(/C=N/O)c2ccccc21)Nc1ccccc1F. The third-order valence-electron chi connectivity index (χ3n) is 3.48. The van der Waals surface area contributed by atoms with E-state index in [9.17, 15) is 9.18 Å². The van der Waals surface area contributed by atoms with Crippen LogP contribution in [0.1, 0.15) is 5.56 Å². The van der Waals surface area contributed by atoms with Crippen LogP contribution in [0.3, 0.4) is 0 Å². The molecule has 1 heterocycles. The van der Waals surface area contributed by atoms with Gasteiger partial charge in [0.25, 0.3) is 0 Å². The van der Waals surface area contributed by atoms with E-state index < -0.39 is 5.82 Å². The van der Waals surface area contributed by atoms with E-state index in [0.29, 0.717) is 5.56 Å². The number of rotatable bonds is 4. The molecule has 0 spiro atoms. The Kier molecular flexibility index (Phi) is 4.05. The molecule has 0 aliphatic heterocycles. The molecule has 0 bridgehead atoms. The van der Waals surface area contributed by atoms with Crippen LogP contribution in [-0.4, -0.2) is 21.9 Å². The first-order chi connectivity index (χ1) is 11.2. The predicted octanol–water partition coefficient (Wildman–Crippen LogP) is 3.23. The number of anilines is 1. The molecule has 0 aliphatic rings. The highest BCUT2D eigenvalue weighted by Gasteiger charge is 2.11. The molecule has 0 saturated carbocycles. The van der Waals surface area contributed by atoms with E-state index in [-0.39, 0.29) is 18.1 Å². The Hall–Kier alpha value is -3.15. The smallest absolute Gasteiger partial charge is 0.244 e. The van der Waals surface area contributed by atoms with Crippen LogP contribution in [0.4, 0.5) is 10.1 Å². The number of hydrogen-bond donors (Lipinski definition) is 2. The fraction of sp³-hybridized carbons (Fsp3) is 0.0588. The molecule has 0 fully saturated rings. The number of nitrogens with zero attached hydrogens (tertiary/aromatic N) is 2. The van der Waals surface area contributed by atoms with Crippen molar-refractivity contribution in [2.24, 2.45) is 5.16 Å². The van der Waals surface area contributed by atoms with Crippen LogP contribution >= 0.6 is 0 Å². The quantitative estimate of drug-likeness (QED) is 0.441. The number of carbonyl (C=O) groups is 1. The molecular weight excluding hydrogens is 297 g/mol. The Bertz CT molecular complexity index is 886. The van der Waals surface area contributed by atoms with Crippen molar-refractivity contribution in [3.05, 3.63) is 66.1 Å². The minimum atomic E-state index is -0.480. The Morgan fingerprint density at radius 1 is 1.22 bits per heavy atom. The first-order valence-corrected chi connectivity index (χ1v) is 6.98. The van der Waals surface area contributed by atoms with Crippen LogP contribution in [0.25, 0.3) is 10.9 Å². The van der Waals surface area contributed by atoms with E-state index >= 15 is 0 Å². The maximum Gasteiger partial charge on any atom is 0.244 e. The summed E-state index contributed by atoms with van der Waals surface area (Å²) in [7, 11) is 0. The molecule has 1 aromatic heterocycles. The van der Waals surface area contributed by atoms with Gasteiger partial charge in [-0.15, -0.1) is 0 Å². The summed E-state index contributed by atoms with van der Waals surface area (Å²) < 4.78 is 15.3. The molecule has 0 unspecified atom stereocenters. The molecule has 0 atom stereocenters. The minimum Gasteiger partial charge on any atom is -0.411 e. The average Bonchev–Trinajstić information content (AvgIpc) is 2.88. The van der Waals surface area contributed by atoms with Gasteiger partial charge in [-0.2, -0.15) is 0 Å². The second-order valence-corrected chi connectivity index (χ2v) is 5.00. The molecule has 6 heteroatoms. The van der Waals surface area contributed by atoms with Crippen molar-refractivity contribution in [3.8, 4) is 0 Å². The molecule has 0 saturated heterocycles. The maximum absolute atomic E-state index is 13.6. The zero-order valence-electron chi connectivity index (χ0n) is 12.1. The number of amides is 1. The summed E-state index contributed by atoms with van der Waals surface area (Å²) >= 11 is 0. The van der Waals surface area contributed by atoms with Crippen LogP contribution in [-0.2, 0) is 11.3 Å². The second-order valence-electron chi connectivity index (χ2n) is 5.00. The van der Waals surface area contributed by atoms with E-state index in [4.69, 9.17) is 5.21 Å². The van der Waals surface area contributed by atoms with Crippen LogP contribution in [0.5, 0.6) is 0 Å². The van der Waals surface area contributed by atoms with Crippen molar-refractivity contribution in [3.63, 3.8) is 0 Å². The van der Waals surface area contributed by atoms with Crippen molar-refractivity contribution in [2.75, 3.05) is 5.32 Å². The van der Waals surface area contributed by atoms with Crippen molar-refractivity contribution < 1.29 is 14.4 Å². The minimum absolute atomic E-state index is 0.0219. The van der Waals surface area contributed by atoms with Gasteiger partial charge in [0.1, 0.15) is 12.4 Å². The van der Waals surface area contributed by atoms with Gasteiger partial charge in [-0.25, -0.2) is 4.39 Å². The number of aromatic nitrogens is 1. The highest BCUT2D eigenvalue weighted by molar-refractivity contribution is 6.00. The summed E-state index contributed by atoms with van der Waals surface area (Å²) in [6.45, 7) is 0.0219. The monoisotopic (exact) mass is 311 g/mol. The lowest BCUT2D eigenvalue weighted by molar-refractivity contribution is -0.116. The first kappa shape index (κ1) is 14.8. The third-order valence-corrected chi connectivity index (χ3v) is 3.48. The zero-order valence-corrected chi connectivity index (χ0v) is 12.1. The number of carbonyl (C=O) groups excluding carboxylic acids is 1. The Morgan fingerprint density at radius 3 is 2.74 bits per heavy atom. The molecule has 23 heavy (non-hydrogen) atoms. The Morgan fingerprint density at radius 2 is 1.96 bits per heavy atom. The zero-order chi connectivity index (χ0) is 16.2. The first-order valence-electron chi connectivity index (χ1n) is 6.98. The molecule has 5 nitrogen and oxygen atoms in total. The van der Waals surface area contributed by atoms with E-state index in [1.54, 1.807) is 22.9 Å². The fourth-order valence-corrected chi connectivity index (χ4v) is 2.48. The van der Waals surface area contributed by atoms with Gasteiger partial charge in [0, 0.05) is 22.7 Å². The maximum atomic E-state index is 13.6. The van der Waals surface area contributed by atoms with Gasteiger partial charge in [-0.05, 0) is 18.2 Å². The normalized spacial score (nSPS) is 11.2. The number of halogens is 1. The Labute approximate surface area is 131 Å². The average molecular weight is 311 g/mol. The van der Waals surface area contributed by atoms with Crippen molar-refractivity contribution in [1.82, 2.24) is 4.57 Å². The van der Waals surface area contributed by atoms with E-state index in [0.717, 1.165) is 10.9 Å². The molecule has 0 radical (unpaired) electrons. The standard InChI is InChI=1S/C17H14FN3O2/c18-14-6-2-3-7-15(14)20-17(22)11-21-10-12(9-19-23)13-5-1-4-8-16(13)21/h1-10,23H,11H2,(H,20,22)/b19-9+. The summed E-state index contributed by atoms with van der Waals surface area (Å²) in [5, 5.41) is 15.2. The van der Waals surface area contributed by atoms with Gasteiger partial charge < -0.3 is 15.1 Å². The highest BCUT2D eigenvalue weighted by atomic mass is 19.1. The second kappa shape index (κ2) is 6.31. The lowest BCUT2D eigenvalue weighted by atomic mass is 10.2. The lowest BCUT2D eigenvalue weighted by Crippen LogP contribution is -2.18. The van der Waals surface area contributed by atoms with Crippen molar-refractivity contribution in [2.45, 2.75) is 6.54 Å². The van der Waals surface area contributed by atoms with Gasteiger partial charge in [0.15, 0.2) is 0 Å². The van der Waals surface area contributed by atoms with Gasteiger partial charge in [-0.3, -0.25) is 4.79 Å². The largest absolute Gasteiger partial charge is 0.411 e. The summed E-state index contributed by atoms with van der Waals surface area (Å²) in [6, 6.07) is 13.5. The van der Waals surface area contributed by atoms with Gasteiger partial charge in [0.2, 0.25) is 5.91 Å². The number of benzene rings is 2. The van der Waals surface area contributed by atoms with Crippen molar-refractivity contribution >= 4 is 28.7 Å². The molecule has 0 aliphatic carbocycles. The van der Waals surface area contributed by atoms with Crippen LogP contribution in [0, 0.1) is 5.82 Å². The summed E-state index contributed by atoms with van der Waals surface area (Å²) in [6.07, 6.45) is 3.03. The topological polar surface area (TPSA) is 66.6 Å². The summed E-state index contributed by atoms with van der Waals surface area (Å²) in [5.74, 6) is -0.824. The molecule has 2 N–H and O–H groups in total. The number of oxime groups is 1. The number of hydrogen-bond acceptors (Lipinski definition) is 3. The molecule has 1 amide bonds. The highest BCUT2D eigenvalue weighted by Crippen LogP contribution is 2.20. The Balaban J connectivity index is 1.87. The van der Waals surface area contributed by atoms with Crippen molar-refractivity contribution in [1.29, 1.82) is 0 Å². The van der Waals surface area contributed by atoms with Gasteiger partial charge >= 0.3 is 0 Å². The lowest BCUT2D eigenvalue weighted by Gasteiger charge is -2.08. The number of para-hydroxylation sites is 2. The summed E-state index contributed by atoms with van der Waals surface area (Å²) in [4.78, 5) is 12.2. The van der Waals surface area contributed by atoms with E-state index in [2.05, 4.69) is 10.5 Å². The molecule has 116 valence electrons. The predicted molar refractivity (Wildman–Crippen MR) is 86.3 cm³/mol. The number of fused-ring (bicyclic) bond motifs is 1. The summed E-state index contributed by atoms with van der Waals surface area (Å²) in [5.41, 5.74) is 1.67. The molecule has 3 aromatic rings. The van der Waals surface area contributed by atoms with E-state index in [1.807, 2.05) is 24.3 Å².